The van der Waals surface area contributed by atoms with Crippen LogP contribution in [0, 0.1) is 5.82 Å². The molecule has 0 saturated carbocycles. The van der Waals surface area contributed by atoms with Gasteiger partial charge in [0.15, 0.2) is 5.78 Å². The molecule has 4 nitrogen and oxygen atoms in total. The quantitative estimate of drug-likeness (QED) is 0.662. The first-order chi connectivity index (χ1) is 12.8. The average Bonchev–Trinajstić information content (AvgIpc) is 2.66. The summed E-state index contributed by atoms with van der Waals surface area (Å²) in [7, 11) is -3.68. The first-order valence-corrected chi connectivity index (χ1v) is 9.88. The van der Waals surface area contributed by atoms with Gasteiger partial charge >= 0.3 is 0 Å². The van der Waals surface area contributed by atoms with Crippen LogP contribution in [0.1, 0.15) is 27.0 Å². The highest BCUT2D eigenvalue weighted by Gasteiger charge is 2.10. The van der Waals surface area contributed by atoms with Crippen molar-refractivity contribution in [2.75, 3.05) is 0 Å². The zero-order valence-corrected chi connectivity index (χ0v) is 15.2. The summed E-state index contributed by atoms with van der Waals surface area (Å²) in [4.78, 5) is 12.5. The molecule has 27 heavy (non-hydrogen) atoms. The number of ketones is 1. The number of rotatable bonds is 6. The predicted molar refractivity (Wildman–Crippen MR) is 101 cm³/mol. The van der Waals surface area contributed by atoms with Crippen LogP contribution in [0.5, 0.6) is 0 Å². The Kier molecular flexibility index (Phi) is 5.48. The van der Waals surface area contributed by atoms with Gasteiger partial charge in [0.2, 0.25) is 10.0 Å². The van der Waals surface area contributed by atoms with Crippen LogP contribution in [0.4, 0.5) is 4.39 Å². The minimum Gasteiger partial charge on any atom is -0.289 e. The molecule has 0 unspecified atom stereocenters. The molecule has 0 aliphatic rings. The molecule has 0 spiro atoms. The van der Waals surface area contributed by atoms with Crippen molar-refractivity contribution in [3.8, 4) is 0 Å². The molecule has 6 heteroatoms. The summed E-state index contributed by atoms with van der Waals surface area (Å²) in [5.41, 5.74) is 2.85. The van der Waals surface area contributed by atoms with Gasteiger partial charge in [0.1, 0.15) is 5.82 Å². The number of carbonyl (C=O) groups is 1. The van der Waals surface area contributed by atoms with Gasteiger partial charge in [-0.15, -0.1) is 0 Å². The lowest BCUT2D eigenvalue weighted by Crippen LogP contribution is -2.11. The predicted octanol–water partition coefficient (Wildman–Crippen LogP) is 3.49. The van der Waals surface area contributed by atoms with E-state index in [1.807, 2.05) is 12.1 Å². The fourth-order valence-corrected chi connectivity index (χ4v) is 3.27. The summed E-state index contributed by atoms with van der Waals surface area (Å²) in [5.74, 6) is -0.662. The summed E-state index contributed by atoms with van der Waals surface area (Å²) in [6.45, 7) is 0. The van der Waals surface area contributed by atoms with Gasteiger partial charge < -0.3 is 0 Å². The number of aryl methyl sites for hydroxylation is 2. The fourth-order valence-electron chi connectivity index (χ4n) is 2.75. The van der Waals surface area contributed by atoms with Gasteiger partial charge in [0.05, 0.1) is 4.90 Å². The van der Waals surface area contributed by atoms with Gasteiger partial charge in [0, 0.05) is 11.1 Å². The van der Waals surface area contributed by atoms with E-state index in [0.29, 0.717) is 11.1 Å². The zero-order chi connectivity index (χ0) is 19.4. The maximum absolute atomic E-state index is 13.3. The first kappa shape index (κ1) is 18.9. The molecule has 3 aromatic rings. The van der Waals surface area contributed by atoms with Gasteiger partial charge in [-0.2, -0.15) is 0 Å². The highest BCUT2D eigenvalue weighted by molar-refractivity contribution is 7.89. The van der Waals surface area contributed by atoms with Crippen LogP contribution in [-0.4, -0.2) is 14.2 Å². The summed E-state index contributed by atoms with van der Waals surface area (Å²) in [5, 5.41) is 5.08. The second-order valence-electron chi connectivity index (χ2n) is 6.23. The van der Waals surface area contributed by atoms with Crippen LogP contribution in [-0.2, 0) is 22.9 Å². The summed E-state index contributed by atoms with van der Waals surface area (Å²) in [6, 6.07) is 19.3. The summed E-state index contributed by atoms with van der Waals surface area (Å²) >= 11 is 0. The highest BCUT2D eigenvalue weighted by Crippen LogP contribution is 2.15. The standard InChI is InChI=1S/C21H18FNO3S/c22-19-3-1-2-18(14-19)21(24)17-10-6-15(7-11-17)4-5-16-8-12-20(13-9-16)27(23,25)26/h1-3,6-14H,4-5H2,(H2,23,25,26). The Hall–Kier alpha value is -2.83. The number of hydrogen-bond donors (Lipinski definition) is 1. The van der Waals surface area contributed by atoms with Crippen molar-refractivity contribution in [1.82, 2.24) is 0 Å². The maximum Gasteiger partial charge on any atom is 0.238 e. The molecule has 0 aliphatic carbocycles. The number of nitrogens with two attached hydrogens (primary N) is 1. The van der Waals surface area contributed by atoms with Gasteiger partial charge in [-0.05, 0) is 48.2 Å². The van der Waals surface area contributed by atoms with Gasteiger partial charge in [-0.1, -0.05) is 48.5 Å². The van der Waals surface area contributed by atoms with Crippen LogP contribution >= 0.6 is 0 Å². The Labute approximate surface area is 157 Å². The van der Waals surface area contributed by atoms with E-state index in [4.69, 9.17) is 5.14 Å². The molecule has 0 aromatic heterocycles. The molecular weight excluding hydrogens is 365 g/mol. The molecule has 0 bridgehead atoms. The largest absolute Gasteiger partial charge is 0.289 e. The number of hydrogen-bond acceptors (Lipinski definition) is 3. The van der Waals surface area contributed by atoms with Crippen LogP contribution < -0.4 is 5.14 Å². The van der Waals surface area contributed by atoms with E-state index in [1.165, 1.54) is 30.3 Å². The SMILES string of the molecule is NS(=O)(=O)c1ccc(CCc2ccc(C(=O)c3cccc(F)c3)cc2)cc1. The van der Waals surface area contributed by atoms with Crippen LogP contribution in [0.15, 0.2) is 77.7 Å². The Morgan fingerprint density at radius 2 is 1.37 bits per heavy atom. The first-order valence-electron chi connectivity index (χ1n) is 8.34. The molecule has 3 aromatic carbocycles. The van der Waals surface area contributed by atoms with E-state index in [9.17, 15) is 17.6 Å². The molecule has 0 radical (unpaired) electrons. The number of sulfonamides is 1. The summed E-state index contributed by atoms with van der Waals surface area (Å²) < 4.78 is 35.8. The van der Waals surface area contributed by atoms with E-state index in [0.717, 1.165) is 24.0 Å². The maximum atomic E-state index is 13.3. The van der Waals surface area contributed by atoms with Crippen molar-refractivity contribution in [2.24, 2.45) is 5.14 Å². The monoisotopic (exact) mass is 383 g/mol. The lowest BCUT2D eigenvalue weighted by Gasteiger charge is -2.06. The Balaban J connectivity index is 1.65. The second kappa shape index (κ2) is 7.82. The van der Waals surface area contributed by atoms with Crippen LogP contribution in [0.3, 0.4) is 0 Å². The van der Waals surface area contributed by atoms with E-state index in [-0.39, 0.29) is 10.7 Å². The smallest absolute Gasteiger partial charge is 0.238 e. The highest BCUT2D eigenvalue weighted by atomic mass is 32.2. The van der Waals surface area contributed by atoms with Crippen molar-refractivity contribution in [2.45, 2.75) is 17.7 Å². The lowest BCUT2D eigenvalue weighted by atomic mass is 9.99. The van der Waals surface area contributed by atoms with E-state index in [1.54, 1.807) is 30.3 Å². The third kappa shape index (κ3) is 4.87. The van der Waals surface area contributed by atoms with Crippen molar-refractivity contribution in [1.29, 1.82) is 0 Å². The minimum absolute atomic E-state index is 0.0893. The normalized spacial score (nSPS) is 11.3. The van der Waals surface area contributed by atoms with Gasteiger partial charge in [0.25, 0.3) is 0 Å². The van der Waals surface area contributed by atoms with Crippen LogP contribution in [0.2, 0.25) is 0 Å². The number of primary sulfonamides is 1. The summed E-state index contributed by atoms with van der Waals surface area (Å²) in [6.07, 6.45) is 1.46. The van der Waals surface area contributed by atoms with Crippen LogP contribution in [0.25, 0.3) is 0 Å². The fraction of sp³-hybridized carbons (Fsp3) is 0.0952. The van der Waals surface area contributed by atoms with Crippen molar-refractivity contribution in [3.05, 3.63) is 101 Å². The molecule has 0 amide bonds. The molecule has 0 heterocycles. The second-order valence-corrected chi connectivity index (χ2v) is 7.79. The topological polar surface area (TPSA) is 77.2 Å². The Morgan fingerprint density at radius 3 is 1.89 bits per heavy atom. The molecule has 0 aliphatic heterocycles. The van der Waals surface area contributed by atoms with Crippen molar-refractivity contribution in [3.63, 3.8) is 0 Å². The molecule has 0 saturated heterocycles. The van der Waals surface area contributed by atoms with E-state index >= 15 is 0 Å². The molecule has 3 rings (SSSR count). The Morgan fingerprint density at radius 1 is 0.815 bits per heavy atom. The van der Waals surface area contributed by atoms with Crippen molar-refractivity contribution >= 4 is 15.8 Å². The Bertz CT molecular complexity index is 1060. The third-order valence-electron chi connectivity index (χ3n) is 4.26. The number of benzene rings is 3. The number of carbonyl (C=O) groups excluding carboxylic acids is 1. The van der Waals surface area contributed by atoms with E-state index in [2.05, 4.69) is 0 Å². The molecule has 138 valence electrons. The number of halogens is 1. The molecule has 0 atom stereocenters. The van der Waals surface area contributed by atoms with Gasteiger partial charge in [-0.3, -0.25) is 4.79 Å². The van der Waals surface area contributed by atoms with Crippen molar-refractivity contribution < 1.29 is 17.6 Å². The lowest BCUT2D eigenvalue weighted by molar-refractivity contribution is 0.103. The molecular formula is C21H18FNO3S. The minimum atomic E-state index is -3.68. The third-order valence-corrected chi connectivity index (χ3v) is 5.19. The zero-order valence-electron chi connectivity index (χ0n) is 14.4. The van der Waals surface area contributed by atoms with Gasteiger partial charge in [-0.25, -0.2) is 17.9 Å². The average molecular weight is 383 g/mol. The van der Waals surface area contributed by atoms with E-state index < -0.39 is 15.8 Å². The molecule has 2 N–H and O–H groups in total. The molecule has 0 fully saturated rings.